The second kappa shape index (κ2) is 1.55. The van der Waals surface area contributed by atoms with Gasteiger partial charge < -0.3 is 0 Å². The molecule has 1 spiro atoms. The van der Waals surface area contributed by atoms with Gasteiger partial charge in [0.25, 0.3) is 0 Å². The fourth-order valence-electron chi connectivity index (χ4n) is 4.10. The van der Waals surface area contributed by atoms with Crippen LogP contribution >= 0.6 is 0 Å². The van der Waals surface area contributed by atoms with Gasteiger partial charge in [-0.2, -0.15) is 0 Å². The summed E-state index contributed by atoms with van der Waals surface area (Å²) in [5.74, 6) is 1.99. The first kappa shape index (κ1) is 6.57. The Morgan fingerprint density at radius 2 is 2.18 bits per heavy atom. The second-order valence-corrected chi connectivity index (χ2v) is 5.30. The minimum absolute atomic E-state index is 0.217. The maximum atomic E-state index is 6.19. The van der Waals surface area contributed by atoms with Crippen LogP contribution in [0.2, 0.25) is 5.31 Å². The SMILES string of the molecule is [B]C1(C)CC23CC2CCCC13. The van der Waals surface area contributed by atoms with E-state index >= 15 is 0 Å². The Bertz CT molecular complexity index is 209. The van der Waals surface area contributed by atoms with Crippen LogP contribution in [0.1, 0.15) is 39.0 Å². The maximum absolute atomic E-state index is 6.19. The second-order valence-electron chi connectivity index (χ2n) is 5.30. The molecule has 11 heavy (non-hydrogen) atoms. The molecule has 4 unspecified atom stereocenters. The largest absolute Gasteiger partial charge is 0.0746 e. The van der Waals surface area contributed by atoms with Gasteiger partial charge in [-0.15, -0.1) is 0 Å². The van der Waals surface area contributed by atoms with Crippen molar-refractivity contribution in [2.24, 2.45) is 17.3 Å². The summed E-state index contributed by atoms with van der Waals surface area (Å²) < 4.78 is 0. The summed E-state index contributed by atoms with van der Waals surface area (Å²) in [5.41, 5.74) is 0.793. The van der Waals surface area contributed by atoms with Crippen LogP contribution in [0.25, 0.3) is 0 Å². The van der Waals surface area contributed by atoms with E-state index in [2.05, 4.69) is 6.92 Å². The van der Waals surface area contributed by atoms with Crippen molar-refractivity contribution in [3.8, 4) is 0 Å². The monoisotopic (exact) mass is 146 g/mol. The summed E-state index contributed by atoms with van der Waals surface area (Å²) in [6.45, 7) is 2.25. The summed E-state index contributed by atoms with van der Waals surface area (Å²) in [4.78, 5) is 0. The molecule has 0 aromatic rings. The molecule has 58 valence electrons. The van der Waals surface area contributed by atoms with Crippen molar-refractivity contribution in [1.82, 2.24) is 0 Å². The summed E-state index contributed by atoms with van der Waals surface area (Å²) >= 11 is 0. The standard InChI is InChI=1S/C10H15B/c1-9(11)6-10-5-7(10)3-2-4-8(9)10/h7-8H,2-6H2,1H3. The fourth-order valence-corrected chi connectivity index (χ4v) is 4.10. The van der Waals surface area contributed by atoms with Gasteiger partial charge >= 0.3 is 0 Å². The topological polar surface area (TPSA) is 0 Å². The van der Waals surface area contributed by atoms with Gasteiger partial charge in [0.2, 0.25) is 0 Å². The van der Waals surface area contributed by atoms with E-state index in [1.165, 1.54) is 32.1 Å². The molecule has 0 amide bonds. The van der Waals surface area contributed by atoms with E-state index in [-0.39, 0.29) is 5.31 Å². The lowest BCUT2D eigenvalue weighted by Crippen LogP contribution is -2.45. The van der Waals surface area contributed by atoms with Crippen LogP contribution in [0.4, 0.5) is 0 Å². The number of hydrogen-bond donors (Lipinski definition) is 0. The zero-order valence-electron chi connectivity index (χ0n) is 7.27. The van der Waals surface area contributed by atoms with E-state index in [9.17, 15) is 0 Å². The highest BCUT2D eigenvalue weighted by molar-refractivity contribution is 6.16. The van der Waals surface area contributed by atoms with Gasteiger partial charge in [-0.25, -0.2) is 0 Å². The van der Waals surface area contributed by atoms with Crippen LogP contribution in [-0.4, -0.2) is 7.85 Å². The van der Waals surface area contributed by atoms with Crippen LogP contribution in [-0.2, 0) is 0 Å². The van der Waals surface area contributed by atoms with Crippen molar-refractivity contribution in [3.05, 3.63) is 0 Å². The third kappa shape index (κ3) is 0.599. The van der Waals surface area contributed by atoms with Crippen molar-refractivity contribution >= 4 is 7.85 Å². The van der Waals surface area contributed by atoms with Crippen molar-refractivity contribution in [3.63, 3.8) is 0 Å². The minimum atomic E-state index is 0.217. The van der Waals surface area contributed by atoms with Crippen LogP contribution in [0, 0.1) is 17.3 Å². The van der Waals surface area contributed by atoms with E-state index in [0.717, 1.165) is 17.3 Å². The molecule has 0 N–H and O–H groups in total. The third-order valence-electron chi connectivity index (χ3n) is 4.52. The lowest BCUT2D eigenvalue weighted by Gasteiger charge is -2.56. The van der Waals surface area contributed by atoms with Crippen molar-refractivity contribution in [2.75, 3.05) is 0 Å². The highest BCUT2D eigenvalue weighted by atomic mass is 14.7. The van der Waals surface area contributed by atoms with E-state index in [1.807, 2.05) is 0 Å². The van der Waals surface area contributed by atoms with Crippen molar-refractivity contribution in [2.45, 2.75) is 44.3 Å². The molecule has 3 aliphatic rings. The van der Waals surface area contributed by atoms with Gasteiger partial charge in [0, 0.05) is 0 Å². The summed E-state index contributed by atoms with van der Waals surface area (Å²) in [6.07, 6.45) is 7.22. The molecule has 0 saturated heterocycles. The van der Waals surface area contributed by atoms with Crippen LogP contribution < -0.4 is 0 Å². The molecule has 0 heterocycles. The first-order valence-electron chi connectivity index (χ1n) is 4.94. The number of hydrogen-bond acceptors (Lipinski definition) is 0. The average Bonchev–Trinajstić information content (AvgIpc) is 2.58. The summed E-state index contributed by atoms with van der Waals surface area (Å²) in [7, 11) is 6.19. The van der Waals surface area contributed by atoms with Gasteiger partial charge in [0.1, 0.15) is 0 Å². The van der Waals surface area contributed by atoms with E-state index in [1.54, 1.807) is 0 Å². The van der Waals surface area contributed by atoms with Crippen molar-refractivity contribution < 1.29 is 0 Å². The first-order valence-corrected chi connectivity index (χ1v) is 4.94. The molecule has 3 saturated carbocycles. The Balaban J connectivity index is 1.89. The molecule has 3 aliphatic carbocycles. The Morgan fingerprint density at radius 3 is 2.82 bits per heavy atom. The maximum Gasteiger partial charge on any atom is 0.0746 e. The lowest BCUT2D eigenvalue weighted by atomic mass is 9.41. The molecule has 0 aliphatic heterocycles. The molecule has 0 aromatic carbocycles. The summed E-state index contributed by atoms with van der Waals surface area (Å²) in [5, 5.41) is 0.217. The van der Waals surface area contributed by atoms with Crippen molar-refractivity contribution in [1.29, 1.82) is 0 Å². The molecule has 0 aromatic heterocycles. The quantitative estimate of drug-likeness (QED) is 0.460. The van der Waals surface area contributed by atoms with Gasteiger partial charge in [-0.1, -0.05) is 25.1 Å². The van der Waals surface area contributed by atoms with E-state index in [4.69, 9.17) is 7.85 Å². The lowest BCUT2D eigenvalue weighted by molar-refractivity contribution is 0.0311. The van der Waals surface area contributed by atoms with E-state index < -0.39 is 0 Å². The minimum Gasteiger partial charge on any atom is -0.0673 e. The molecule has 2 radical (unpaired) electrons. The Morgan fingerprint density at radius 1 is 1.36 bits per heavy atom. The zero-order valence-corrected chi connectivity index (χ0v) is 7.27. The zero-order chi connectivity index (χ0) is 7.69. The van der Waals surface area contributed by atoms with Gasteiger partial charge in [-0.05, 0) is 36.5 Å². The smallest absolute Gasteiger partial charge is 0.0673 e. The van der Waals surface area contributed by atoms with Gasteiger partial charge in [-0.3, -0.25) is 0 Å². The summed E-state index contributed by atoms with van der Waals surface area (Å²) in [6, 6.07) is 0. The van der Waals surface area contributed by atoms with Crippen LogP contribution in [0.5, 0.6) is 0 Å². The Kier molecular flexibility index (Phi) is 0.928. The predicted octanol–water partition coefficient (Wildman–Crippen LogP) is 2.54. The predicted molar refractivity (Wildman–Crippen MR) is 46.6 cm³/mol. The highest BCUT2D eigenvalue weighted by Crippen LogP contribution is 2.81. The fraction of sp³-hybridized carbons (Fsp3) is 1.00. The van der Waals surface area contributed by atoms with Crippen LogP contribution in [0.3, 0.4) is 0 Å². The molecule has 0 bridgehead atoms. The van der Waals surface area contributed by atoms with Gasteiger partial charge in [0.05, 0.1) is 7.85 Å². The molecule has 0 nitrogen and oxygen atoms in total. The molecule has 1 heteroatoms. The molecule has 3 rings (SSSR count). The normalized spacial score (nSPS) is 65.9. The van der Waals surface area contributed by atoms with Crippen LogP contribution in [0.15, 0.2) is 0 Å². The molecule has 4 atom stereocenters. The average molecular weight is 146 g/mol. The molecule has 3 fully saturated rings. The van der Waals surface area contributed by atoms with Gasteiger partial charge in [0.15, 0.2) is 0 Å². The Hall–Kier alpha value is 0.0649. The Labute approximate surface area is 70.2 Å². The molecular weight excluding hydrogens is 131 g/mol. The van der Waals surface area contributed by atoms with E-state index in [0.29, 0.717) is 0 Å². The molecular formula is C10H15B. The third-order valence-corrected chi connectivity index (χ3v) is 4.52. The highest BCUT2D eigenvalue weighted by Gasteiger charge is 2.70. The number of rotatable bonds is 0. The first-order chi connectivity index (χ1) is 5.15.